The number of nitrogens with one attached hydrogen (secondary N) is 1. The first-order valence-electron chi connectivity index (χ1n) is 6.80. The number of hydrogen-bond donors (Lipinski definition) is 1. The summed E-state index contributed by atoms with van der Waals surface area (Å²) in [5.74, 6) is 0.750. The Bertz CT molecular complexity index is 736. The summed E-state index contributed by atoms with van der Waals surface area (Å²) in [5.41, 5.74) is 0.904. The first-order valence-corrected chi connectivity index (χ1v) is 7.61. The molecule has 2 aromatic heterocycles. The minimum Gasteiger partial charge on any atom is -0.429 e. The van der Waals surface area contributed by atoms with Crippen molar-refractivity contribution in [1.82, 2.24) is 20.5 Å². The van der Waals surface area contributed by atoms with Gasteiger partial charge in [-0.05, 0) is 24.3 Å². The van der Waals surface area contributed by atoms with Crippen LogP contribution < -0.4 is 10.1 Å². The third-order valence-electron chi connectivity index (χ3n) is 2.91. The Morgan fingerprint density at radius 1 is 1.19 bits per heavy atom. The molecule has 0 bridgehead atoms. The molecule has 0 fully saturated rings. The summed E-state index contributed by atoms with van der Waals surface area (Å²) in [6.45, 7) is 4.90. The minimum atomic E-state index is 0.419. The number of aromatic nitrogens is 3. The predicted octanol–water partition coefficient (Wildman–Crippen LogP) is 3.38. The maximum absolute atomic E-state index is 5.86. The highest BCUT2D eigenvalue weighted by atomic mass is 32.1. The number of fused-ring (bicyclic) bond motifs is 1. The fourth-order valence-electron chi connectivity index (χ4n) is 1.90. The molecule has 0 unspecified atom stereocenters. The SMILES string of the molecule is CC(C)NCc1nnc(Oc2cccc3ncccc23)s1. The number of pyridine rings is 1. The van der Waals surface area contributed by atoms with E-state index >= 15 is 0 Å². The van der Waals surface area contributed by atoms with Crippen molar-refractivity contribution in [3.8, 4) is 10.9 Å². The van der Waals surface area contributed by atoms with Crippen LogP contribution in [0.25, 0.3) is 10.9 Å². The van der Waals surface area contributed by atoms with E-state index in [-0.39, 0.29) is 0 Å². The van der Waals surface area contributed by atoms with E-state index < -0.39 is 0 Å². The maximum atomic E-state index is 5.86. The van der Waals surface area contributed by atoms with E-state index in [4.69, 9.17) is 4.74 Å². The second-order valence-corrected chi connectivity index (χ2v) is 5.95. The summed E-state index contributed by atoms with van der Waals surface area (Å²) >= 11 is 1.45. The van der Waals surface area contributed by atoms with Crippen LogP contribution in [0.2, 0.25) is 0 Å². The molecule has 0 saturated carbocycles. The van der Waals surface area contributed by atoms with Gasteiger partial charge in [0.2, 0.25) is 0 Å². The molecule has 2 heterocycles. The molecule has 0 aliphatic heterocycles. The van der Waals surface area contributed by atoms with Crippen LogP contribution in [0.1, 0.15) is 18.9 Å². The van der Waals surface area contributed by atoms with Gasteiger partial charge in [0.05, 0.1) is 12.1 Å². The van der Waals surface area contributed by atoms with Crippen molar-refractivity contribution in [2.45, 2.75) is 26.4 Å². The quantitative estimate of drug-likeness (QED) is 0.782. The highest BCUT2D eigenvalue weighted by Gasteiger charge is 2.09. The molecule has 108 valence electrons. The summed E-state index contributed by atoms with van der Waals surface area (Å²) in [6, 6.07) is 10.1. The van der Waals surface area contributed by atoms with Crippen molar-refractivity contribution >= 4 is 22.2 Å². The van der Waals surface area contributed by atoms with E-state index in [1.165, 1.54) is 11.3 Å². The Morgan fingerprint density at radius 3 is 2.95 bits per heavy atom. The minimum absolute atomic E-state index is 0.419. The average Bonchev–Trinajstić information content (AvgIpc) is 2.93. The predicted molar refractivity (Wildman–Crippen MR) is 83.7 cm³/mol. The van der Waals surface area contributed by atoms with Crippen LogP contribution in [0.4, 0.5) is 0 Å². The molecule has 1 N–H and O–H groups in total. The summed E-state index contributed by atoms with van der Waals surface area (Å²) in [6.07, 6.45) is 1.77. The molecule has 3 rings (SSSR count). The lowest BCUT2D eigenvalue weighted by Gasteiger charge is -2.05. The largest absolute Gasteiger partial charge is 0.429 e. The first-order chi connectivity index (χ1) is 10.2. The lowest BCUT2D eigenvalue weighted by atomic mass is 10.2. The van der Waals surface area contributed by atoms with Crippen LogP contribution in [-0.4, -0.2) is 21.2 Å². The van der Waals surface area contributed by atoms with E-state index in [2.05, 4.69) is 34.3 Å². The van der Waals surface area contributed by atoms with Crippen LogP contribution in [0, 0.1) is 0 Å². The molecule has 0 aliphatic carbocycles. The third kappa shape index (κ3) is 3.34. The molecular formula is C15H16N4OS. The highest BCUT2D eigenvalue weighted by molar-refractivity contribution is 7.13. The van der Waals surface area contributed by atoms with Crippen molar-refractivity contribution in [1.29, 1.82) is 0 Å². The smallest absolute Gasteiger partial charge is 0.299 e. The molecule has 6 heteroatoms. The van der Waals surface area contributed by atoms with Crippen molar-refractivity contribution in [3.63, 3.8) is 0 Å². The van der Waals surface area contributed by atoms with Gasteiger partial charge in [-0.15, -0.1) is 5.10 Å². The second-order valence-electron chi connectivity index (χ2n) is 4.93. The zero-order valence-electron chi connectivity index (χ0n) is 11.9. The molecular weight excluding hydrogens is 284 g/mol. The van der Waals surface area contributed by atoms with Crippen molar-refractivity contribution in [2.75, 3.05) is 0 Å². The third-order valence-corrected chi connectivity index (χ3v) is 3.71. The van der Waals surface area contributed by atoms with E-state index in [0.29, 0.717) is 17.8 Å². The average molecular weight is 300 g/mol. The zero-order chi connectivity index (χ0) is 14.7. The number of nitrogens with zero attached hydrogens (tertiary/aromatic N) is 3. The summed E-state index contributed by atoms with van der Waals surface area (Å²) in [4.78, 5) is 4.31. The van der Waals surface area contributed by atoms with Gasteiger partial charge in [0, 0.05) is 17.6 Å². The Labute approximate surface area is 127 Å². The lowest BCUT2D eigenvalue weighted by molar-refractivity contribution is 0.478. The Balaban J connectivity index is 1.79. The van der Waals surface area contributed by atoms with Crippen molar-refractivity contribution < 1.29 is 4.74 Å². The maximum Gasteiger partial charge on any atom is 0.299 e. The molecule has 0 amide bonds. The second kappa shape index (κ2) is 6.15. The monoisotopic (exact) mass is 300 g/mol. The van der Waals surface area contributed by atoms with Crippen LogP contribution in [0.5, 0.6) is 10.9 Å². The fourth-order valence-corrected chi connectivity index (χ4v) is 2.55. The Hall–Kier alpha value is -2.05. The molecule has 0 atom stereocenters. The fraction of sp³-hybridized carbons (Fsp3) is 0.267. The normalized spacial score (nSPS) is 11.2. The number of benzene rings is 1. The Morgan fingerprint density at radius 2 is 2.10 bits per heavy atom. The van der Waals surface area contributed by atoms with Gasteiger partial charge < -0.3 is 10.1 Å². The molecule has 3 aromatic rings. The van der Waals surface area contributed by atoms with E-state index in [1.54, 1.807) is 6.20 Å². The highest BCUT2D eigenvalue weighted by Crippen LogP contribution is 2.30. The number of hydrogen-bond acceptors (Lipinski definition) is 6. The summed E-state index contributed by atoms with van der Waals surface area (Å²) in [7, 11) is 0. The first kappa shape index (κ1) is 13.9. The lowest BCUT2D eigenvalue weighted by Crippen LogP contribution is -2.21. The van der Waals surface area contributed by atoms with Crippen LogP contribution in [0.3, 0.4) is 0 Å². The molecule has 1 aromatic carbocycles. The van der Waals surface area contributed by atoms with E-state index in [1.807, 2.05) is 30.3 Å². The topological polar surface area (TPSA) is 59.9 Å². The van der Waals surface area contributed by atoms with E-state index in [0.717, 1.165) is 21.7 Å². The van der Waals surface area contributed by atoms with Gasteiger partial charge >= 0.3 is 0 Å². The summed E-state index contributed by atoms with van der Waals surface area (Å²) < 4.78 is 5.86. The molecule has 0 radical (unpaired) electrons. The molecule has 0 aliphatic rings. The standard InChI is InChI=1S/C15H16N4OS/c1-10(2)17-9-14-18-19-15(21-14)20-13-7-3-6-12-11(13)5-4-8-16-12/h3-8,10,17H,9H2,1-2H3. The molecule has 21 heavy (non-hydrogen) atoms. The van der Waals surface area contributed by atoms with E-state index in [9.17, 15) is 0 Å². The van der Waals surface area contributed by atoms with Gasteiger partial charge in [-0.2, -0.15) is 0 Å². The van der Waals surface area contributed by atoms with Crippen LogP contribution in [-0.2, 0) is 6.54 Å². The molecule has 0 spiro atoms. The number of rotatable bonds is 5. The van der Waals surface area contributed by atoms with Gasteiger partial charge in [0.1, 0.15) is 10.8 Å². The number of ether oxygens (including phenoxy) is 1. The van der Waals surface area contributed by atoms with Gasteiger partial charge in [0.25, 0.3) is 5.19 Å². The van der Waals surface area contributed by atoms with Gasteiger partial charge in [-0.3, -0.25) is 4.98 Å². The van der Waals surface area contributed by atoms with Crippen LogP contribution in [0.15, 0.2) is 36.5 Å². The Kier molecular flexibility index (Phi) is 4.08. The molecule has 0 saturated heterocycles. The van der Waals surface area contributed by atoms with Crippen molar-refractivity contribution in [2.24, 2.45) is 0 Å². The van der Waals surface area contributed by atoms with Gasteiger partial charge in [0.15, 0.2) is 0 Å². The molecule has 5 nitrogen and oxygen atoms in total. The van der Waals surface area contributed by atoms with Crippen molar-refractivity contribution in [3.05, 3.63) is 41.5 Å². The van der Waals surface area contributed by atoms with Crippen LogP contribution >= 0.6 is 11.3 Å². The van der Waals surface area contributed by atoms with Gasteiger partial charge in [-0.25, -0.2) is 0 Å². The zero-order valence-corrected chi connectivity index (χ0v) is 12.7. The van der Waals surface area contributed by atoms with Gasteiger partial charge in [-0.1, -0.05) is 36.3 Å². The summed E-state index contributed by atoms with van der Waals surface area (Å²) in [5, 5.41) is 14.0.